The molecule has 6 aliphatic carbocycles. The van der Waals surface area contributed by atoms with Gasteiger partial charge in [-0.1, -0.05) is 46.8 Å². The summed E-state index contributed by atoms with van der Waals surface area (Å²) in [5.41, 5.74) is -1.68. The highest BCUT2D eigenvalue weighted by atomic mass is 16.4. The van der Waals surface area contributed by atoms with Crippen LogP contribution in [0.5, 0.6) is 0 Å². The zero-order valence-electron chi connectivity index (χ0n) is 22.2. The first-order valence-corrected chi connectivity index (χ1v) is 14.0. The minimum absolute atomic E-state index is 0.0780. The van der Waals surface area contributed by atoms with Gasteiger partial charge in [-0.2, -0.15) is 0 Å². The van der Waals surface area contributed by atoms with Gasteiger partial charge < -0.3 is 15.3 Å². The third-order valence-electron chi connectivity index (χ3n) is 14.0. The van der Waals surface area contributed by atoms with Gasteiger partial charge in [0.2, 0.25) is 0 Å². The smallest absolute Gasteiger partial charge is 0.310 e. The Hall–Kier alpha value is -0.870. The van der Waals surface area contributed by atoms with Gasteiger partial charge in [-0.15, -0.1) is 0 Å². The molecule has 6 aliphatic rings. The van der Waals surface area contributed by atoms with E-state index in [2.05, 4.69) is 46.8 Å². The van der Waals surface area contributed by atoms with E-state index in [-0.39, 0.29) is 45.0 Å². The van der Waals surface area contributed by atoms with Gasteiger partial charge >= 0.3 is 5.97 Å². The van der Waals surface area contributed by atoms with E-state index in [1.165, 1.54) is 0 Å². The van der Waals surface area contributed by atoms with E-state index in [0.717, 1.165) is 44.9 Å². The lowest BCUT2D eigenvalue weighted by atomic mass is 9.36. The van der Waals surface area contributed by atoms with Crippen molar-refractivity contribution in [3.63, 3.8) is 0 Å². The fourth-order valence-electron chi connectivity index (χ4n) is 12.0. The molecule has 3 N–H and O–H groups in total. The lowest BCUT2D eigenvalue weighted by Gasteiger charge is -2.68. The quantitative estimate of drug-likeness (QED) is 0.422. The van der Waals surface area contributed by atoms with Crippen molar-refractivity contribution in [3.8, 4) is 0 Å². The third kappa shape index (κ3) is 2.25. The Kier molecular flexibility index (Phi) is 4.38. The lowest BCUT2D eigenvalue weighted by Crippen LogP contribution is -2.66. The number of carbonyl (C=O) groups is 1. The molecule has 0 bridgehead atoms. The molecule has 0 aromatic heterocycles. The van der Waals surface area contributed by atoms with Crippen LogP contribution in [0.25, 0.3) is 0 Å². The summed E-state index contributed by atoms with van der Waals surface area (Å²) in [6, 6.07) is 0. The molecule has 4 nitrogen and oxygen atoms in total. The van der Waals surface area contributed by atoms with E-state index in [4.69, 9.17) is 0 Å². The van der Waals surface area contributed by atoms with Gasteiger partial charge in [0.05, 0.1) is 17.1 Å². The summed E-state index contributed by atoms with van der Waals surface area (Å²) in [6.07, 6.45) is 13.1. The molecule has 11 atom stereocenters. The maximum Gasteiger partial charge on any atom is 0.310 e. The van der Waals surface area contributed by atoms with Crippen molar-refractivity contribution in [2.24, 2.45) is 56.2 Å². The molecule has 190 valence electrons. The molecule has 6 rings (SSSR count). The van der Waals surface area contributed by atoms with Crippen LogP contribution in [0, 0.1) is 56.2 Å². The second-order valence-electron chi connectivity index (χ2n) is 15.1. The minimum atomic E-state index is -0.968. The maximum absolute atomic E-state index is 12.9. The Bertz CT molecular complexity index is 967. The van der Waals surface area contributed by atoms with E-state index in [9.17, 15) is 20.1 Å². The molecule has 0 unspecified atom stereocenters. The molecule has 5 fully saturated rings. The van der Waals surface area contributed by atoms with Crippen LogP contribution in [0.4, 0.5) is 0 Å². The highest BCUT2D eigenvalue weighted by Gasteiger charge is 2.86. The van der Waals surface area contributed by atoms with Crippen LogP contribution >= 0.6 is 0 Å². The number of fused-ring (bicyclic) bond motifs is 4. The molecular formula is C30H46O4. The van der Waals surface area contributed by atoms with Crippen LogP contribution in [-0.2, 0) is 4.79 Å². The maximum atomic E-state index is 12.9. The van der Waals surface area contributed by atoms with Crippen molar-refractivity contribution in [3.05, 3.63) is 12.2 Å². The Morgan fingerprint density at radius 3 is 2.32 bits per heavy atom. The number of hydrogen-bond donors (Lipinski definition) is 3. The van der Waals surface area contributed by atoms with E-state index in [1.807, 2.05) is 6.92 Å². The number of aliphatic hydroxyl groups excluding tert-OH is 1. The van der Waals surface area contributed by atoms with Crippen LogP contribution < -0.4 is 0 Å². The monoisotopic (exact) mass is 470 g/mol. The largest absolute Gasteiger partial charge is 0.481 e. The standard InChI is InChI=1S/C30H46O4/c1-18-7-13-28(23(32)33)15-16-30-17-29(30,22(28)27(18,6)34)14-9-20-25(4)11-10-21(31)24(2,3)19(25)8-12-26(20,30)5/h9,14,18-22,31,34H,7-8,10-13,15-17H2,1-6H3,(H,32,33)/t18-,19+,20-,21+,22-,25+,26-,27-,28+,29-,30-/m1/s1. The lowest BCUT2D eigenvalue weighted by molar-refractivity contribution is -0.223. The molecule has 0 spiro atoms. The first-order chi connectivity index (χ1) is 15.7. The Balaban J connectivity index is 1.49. The highest BCUT2D eigenvalue weighted by molar-refractivity contribution is 5.77. The SMILES string of the molecule is C[C@@H]1CC[C@]2(C(=O)O)CC[C@]34C[C@]3(C=C[C@@H]3[C@@]5(C)CC[C@H](O)C(C)(C)[C@@H]5CC[C@]34C)[C@@H]2[C@]1(C)O. The van der Waals surface area contributed by atoms with Crippen molar-refractivity contribution in [1.82, 2.24) is 0 Å². The van der Waals surface area contributed by atoms with E-state index >= 15 is 0 Å². The van der Waals surface area contributed by atoms with Gasteiger partial charge in [0, 0.05) is 11.3 Å². The van der Waals surface area contributed by atoms with Crippen LogP contribution in [0.3, 0.4) is 0 Å². The van der Waals surface area contributed by atoms with E-state index in [0.29, 0.717) is 24.7 Å². The fourth-order valence-corrected chi connectivity index (χ4v) is 12.0. The van der Waals surface area contributed by atoms with E-state index < -0.39 is 17.0 Å². The number of carboxylic acid groups (broad SMARTS) is 1. The Morgan fingerprint density at radius 2 is 1.65 bits per heavy atom. The summed E-state index contributed by atoms with van der Waals surface area (Å²) in [7, 11) is 0. The number of hydrogen-bond acceptors (Lipinski definition) is 3. The molecule has 0 amide bonds. The summed E-state index contributed by atoms with van der Waals surface area (Å²) < 4.78 is 0. The van der Waals surface area contributed by atoms with Crippen molar-refractivity contribution in [2.75, 3.05) is 0 Å². The summed E-state index contributed by atoms with van der Waals surface area (Å²) >= 11 is 0. The summed E-state index contributed by atoms with van der Waals surface area (Å²) in [5.74, 6) is 0.159. The summed E-state index contributed by atoms with van der Waals surface area (Å²) in [4.78, 5) is 12.9. The van der Waals surface area contributed by atoms with Crippen molar-refractivity contribution >= 4 is 5.97 Å². The molecule has 0 aromatic carbocycles. The predicted molar refractivity (Wildman–Crippen MR) is 132 cm³/mol. The average Bonchev–Trinajstić information content (AvgIpc) is 3.45. The molecule has 34 heavy (non-hydrogen) atoms. The number of aliphatic hydroxyl groups is 2. The topological polar surface area (TPSA) is 77.8 Å². The zero-order chi connectivity index (χ0) is 24.7. The van der Waals surface area contributed by atoms with Crippen LogP contribution in [0.1, 0.15) is 99.3 Å². The van der Waals surface area contributed by atoms with Gasteiger partial charge in [0.25, 0.3) is 0 Å². The summed E-state index contributed by atoms with van der Waals surface area (Å²) in [5, 5.41) is 33.4. The van der Waals surface area contributed by atoms with Crippen molar-refractivity contribution in [2.45, 2.75) is 111 Å². The first kappa shape index (κ1) is 23.5. The number of aliphatic carboxylic acids is 1. The Morgan fingerprint density at radius 1 is 0.941 bits per heavy atom. The average molecular weight is 471 g/mol. The fraction of sp³-hybridized carbons (Fsp3) is 0.900. The molecule has 4 heteroatoms. The molecule has 0 heterocycles. The van der Waals surface area contributed by atoms with Gasteiger partial charge in [-0.05, 0) is 104 Å². The molecular weight excluding hydrogens is 424 g/mol. The summed E-state index contributed by atoms with van der Waals surface area (Å²) in [6.45, 7) is 13.6. The number of carboxylic acids is 1. The van der Waals surface area contributed by atoms with Crippen LogP contribution in [-0.4, -0.2) is 33.0 Å². The first-order valence-electron chi connectivity index (χ1n) is 14.0. The second kappa shape index (κ2) is 6.33. The van der Waals surface area contributed by atoms with Crippen LogP contribution in [0.15, 0.2) is 12.2 Å². The predicted octanol–water partition coefficient (Wildman–Crippen LogP) is 5.81. The van der Waals surface area contributed by atoms with Gasteiger partial charge in [-0.3, -0.25) is 4.79 Å². The Labute approximate surface area is 205 Å². The molecule has 0 saturated heterocycles. The van der Waals surface area contributed by atoms with Gasteiger partial charge in [-0.25, -0.2) is 0 Å². The number of rotatable bonds is 1. The zero-order valence-corrected chi connectivity index (χ0v) is 22.2. The van der Waals surface area contributed by atoms with Crippen molar-refractivity contribution in [1.29, 1.82) is 0 Å². The molecule has 5 saturated carbocycles. The number of allylic oxidation sites excluding steroid dienone is 2. The normalized spacial score (nSPS) is 61.2. The van der Waals surface area contributed by atoms with Crippen LogP contribution in [0.2, 0.25) is 0 Å². The molecule has 0 radical (unpaired) electrons. The van der Waals surface area contributed by atoms with Crippen molar-refractivity contribution < 1.29 is 20.1 Å². The van der Waals surface area contributed by atoms with E-state index in [1.54, 1.807) is 0 Å². The minimum Gasteiger partial charge on any atom is -0.481 e. The third-order valence-corrected chi connectivity index (χ3v) is 14.0. The molecule has 0 aromatic rings. The highest BCUT2D eigenvalue weighted by Crippen LogP contribution is 2.90. The van der Waals surface area contributed by atoms with Gasteiger partial charge in [0.15, 0.2) is 0 Å². The second-order valence-corrected chi connectivity index (χ2v) is 15.1. The molecule has 0 aliphatic heterocycles. The van der Waals surface area contributed by atoms with Gasteiger partial charge in [0.1, 0.15) is 0 Å².